The maximum atomic E-state index is 12.3. The lowest BCUT2D eigenvalue weighted by atomic mass is 10.1. The van der Waals surface area contributed by atoms with E-state index in [1.807, 2.05) is 37.3 Å². The molecule has 3 nitrogen and oxygen atoms in total. The first-order valence-electron chi connectivity index (χ1n) is 5.96. The second kappa shape index (κ2) is 5.36. The smallest absolute Gasteiger partial charge is 0.258 e. The summed E-state index contributed by atoms with van der Waals surface area (Å²) in [5.41, 5.74) is 2.99. The van der Waals surface area contributed by atoms with E-state index in [2.05, 4.69) is 0 Å². The molecule has 0 saturated carbocycles. The third-order valence-corrected chi connectivity index (χ3v) is 2.96. The Kier molecular flexibility index (Phi) is 3.63. The van der Waals surface area contributed by atoms with E-state index in [1.54, 1.807) is 36.2 Å². The largest absolute Gasteiger partial charge is 0.311 e. The number of amides is 1. The minimum Gasteiger partial charge on any atom is -0.311 e. The molecule has 0 unspecified atom stereocenters. The maximum absolute atomic E-state index is 12.3. The quantitative estimate of drug-likeness (QED) is 0.821. The first-order valence-corrected chi connectivity index (χ1v) is 5.96. The molecule has 2 aromatic rings. The first-order chi connectivity index (χ1) is 9.11. The number of anilines is 1. The number of benzene rings is 2. The zero-order chi connectivity index (χ0) is 13.8. The third-order valence-electron chi connectivity index (χ3n) is 2.96. The summed E-state index contributed by atoms with van der Waals surface area (Å²) in [6, 6.07) is 16.5. The molecule has 19 heavy (non-hydrogen) atoms. The Bertz CT molecular complexity index is 639. The standard InChI is InChI=1S/C16H14N2O/c1-12-6-8-15(9-7-12)18(2)16(19)14-5-3-4-13(10-14)11-17/h3-10H,1-2H3. The van der Waals surface area contributed by atoms with Gasteiger partial charge >= 0.3 is 0 Å². The lowest BCUT2D eigenvalue weighted by Crippen LogP contribution is -2.26. The van der Waals surface area contributed by atoms with Crippen molar-refractivity contribution in [2.45, 2.75) is 6.92 Å². The highest BCUT2D eigenvalue weighted by Gasteiger charge is 2.13. The van der Waals surface area contributed by atoms with Gasteiger partial charge in [-0.1, -0.05) is 23.8 Å². The Morgan fingerprint density at radius 3 is 2.47 bits per heavy atom. The lowest BCUT2D eigenvalue weighted by molar-refractivity contribution is 0.0993. The zero-order valence-electron chi connectivity index (χ0n) is 10.9. The van der Waals surface area contributed by atoms with Gasteiger partial charge in [0.15, 0.2) is 0 Å². The first kappa shape index (κ1) is 12.8. The van der Waals surface area contributed by atoms with Gasteiger partial charge in [-0.25, -0.2) is 0 Å². The van der Waals surface area contributed by atoms with Gasteiger partial charge in [0.2, 0.25) is 0 Å². The summed E-state index contributed by atoms with van der Waals surface area (Å²) in [5.74, 6) is -0.124. The van der Waals surface area contributed by atoms with E-state index in [-0.39, 0.29) is 5.91 Å². The van der Waals surface area contributed by atoms with Crippen LogP contribution in [0.2, 0.25) is 0 Å². The summed E-state index contributed by atoms with van der Waals surface area (Å²) in [6.07, 6.45) is 0. The number of rotatable bonds is 2. The van der Waals surface area contributed by atoms with Crippen molar-refractivity contribution >= 4 is 11.6 Å². The second-order valence-corrected chi connectivity index (χ2v) is 4.39. The highest BCUT2D eigenvalue weighted by molar-refractivity contribution is 6.05. The lowest BCUT2D eigenvalue weighted by Gasteiger charge is -2.17. The van der Waals surface area contributed by atoms with Crippen LogP contribution in [-0.4, -0.2) is 13.0 Å². The minimum atomic E-state index is -0.124. The van der Waals surface area contributed by atoms with E-state index in [4.69, 9.17) is 5.26 Å². The zero-order valence-corrected chi connectivity index (χ0v) is 10.9. The molecule has 2 aromatic carbocycles. The molecule has 0 saturated heterocycles. The van der Waals surface area contributed by atoms with E-state index in [0.29, 0.717) is 11.1 Å². The van der Waals surface area contributed by atoms with Gasteiger partial charge in [-0.2, -0.15) is 5.26 Å². The Labute approximate surface area is 112 Å². The van der Waals surface area contributed by atoms with Crippen LogP contribution in [0.15, 0.2) is 48.5 Å². The Hall–Kier alpha value is -2.60. The average molecular weight is 250 g/mol. The van der Waals surface area contributed by atoms with Crippen LogP contribution in [0.4, 0.5) is 5.69 Å². The minimum absolute atomic E-state index is 0.124. The monoisotopic (exact) mass is 250 g/mol. The van der Waals surface area contributed by atoms with Crippen LogP contribution in [-0.2, 0) is 0 Å². The predicted octanol–water partition coefficient (Wildman–Crippen LogP) is 3.14. The second-order valence-electron chi connectivity index (χ2n) is 4.39. The van der Waals surface area contributed by atoms with Crippen molar-refractivity contribution in [2.75, 3.05) is 11.9 Å². The molecule has 0 aliphatic rings. The van der Waals surface area contributed by atoms with Gasteiger partial charge < -0.3 is 4.90 Å². The Balaban J connectivity index is 2.28. The highest BCUT2D eigenvalue weighted by atomic mass is 16.2. The maximum Gasteiger partial charge on any atom is 0.258 e. The number of hydrogen-bond donors (Lipinski definition) is 0. The molecule has 94 valence electrons. The average Bonchev–Trinajstić information content (AvgIpc) is 2.46. The summed E-state index contributed by atoms with van der Waals surface area (Å²) in [7, 11) is 1.73. The fourth-order valence-corrected chi connectivity index (χ4v) is 1.80. The molecule has 0 atom stereocenters. The fraction of sp³-hybridized carbons (Fsp3) is 0.125. The van der Waals surface area contributed by atoms with Gasteiger partial charge in [-0.15, -0.1) is 0 Å². The van der Waals surface area contributed by atoms with E-state index in [1.165, 1.54) is 0 Å². The summed E-state index contributed by atoms with van der Waals surface area (Å²) < 4.78 is 0. The van der Waals surface area contributed by atoms with Crippen LogP contribution in [0.25, 0.3) is 0 Å². The number of hydrogen-bond acceptors (Lipinski definition) is 2. The van der Waals surface area contributed by atoms with Crippen LogP contribution in [0.1, 0.15) is 21.5 Å². The number of nitrogens with zero attached hydrogens (tertiary/aromatic N) is 2. The number of carbonyl (C=O) groups excluding carboxylic acids is 1. The molecule has 0 bridgehead atoms. The number of carbonyl (C=O) groups is 1. The molecule has 1 amide bonds. The molecule has 0 aliphatic heterocycles. The van der Waals surface area contributed by atoms with E-state index in [9.17, 15) is 4.79 Å². The van der Waals surface area contributed by atoms with Crippen LogP contribution < -0.4 is 4.90 Å². The molecular weight excluding hydrogens is 236 g/mol. The van der Waals surface area contributed by atoms with Crippen molar-refractivity contribution in [3.05, 3.63) is 65.2 Å². The van der Waals surface area contributed by atoms with Gasteiger partial charge in [-0.3, -0.25) is 4.79 Å². The summed E-state index contributed by atoms with van der Waals surface area (Å²) >= 11 is 0. The molecular formula is C16H14N2O. The molecule has 2 rings (SSSR count). The van der Waals surface area contributed by atoms with Crippen LogP contribution in [0, 0.1) is 18.3 Å². The van der Waals surface area contributed by atoms with Gasteiger partial charge in [-0.05, 0) is 37.3 Å². The molecule has 0 aromatic heterocycles. The predicted molar refractivity (Wildman–Crippen MR) is 75.1 cm³/mol. The molecule has 0 radical (unpaired) electrons. The molecule has 0 heterocycles. The van der Waals surface area contributed by atoms with Gasteiger partial charge in [0.1, 0.15) is 0 Å². The van der Waals surface area contributed by atoms with Crippen molar-refractivity contribution in [3.8, 4) is 6.07 Å². The molecule has 0 fully saturated rings. The summed E-state index contributed by atoms with van der Waals surface area (Å²) in [4.78, 5) is 13.9. The van der Waals surface area contributed by atoms with Crippen molar-refractivity contribution < 1.29 is 4.79 Å². The van der Waals surface area contributed by atoms with Crippen molar-refractivity contribution in [3.63, 3.8) is 0 Å². The van der Waals surface area contributed by atoms with Crippen molar-refractivity contribution in [1.82, 2.24) is 0 Å². The van der Waals surface area contributed by atoms with Crippen molar-refractivity contribution in [1.29, 1.82) is 5.26 Å². The Morgan fingerprint density at radius 2 is 1.84 bits per heavy atom. The molecule has 0 aliphatic carbocycles. The number of nitriles is 1. The van der Waals surface area contributed by atoms with Crippen LogP contribution in [0.5, 0.6) is 0 Å². The molecule has 3 heteroatoms. The van der Waals surface area contributed by atoms with E-state index < -0.39 is 0 Å². The summed E-state index contributed by atoms with van der Waals surface area (Å²) in [6.45, 7) is 2.00. The van der Waals surface area contributed by atoms with E-state index >= 15 is 0 Å². The van der Waals surface area contributed by atoms with Gasteiger partial charge in [0.05, 0.1) is 11.6 Å². The van der Waals surface area contributed by atoms with Crippen LogP contribution in [0.3, 0.4) is 0 Å². The summed E-state index contributed by atoms with van der Waals surface area (Å²) in [5, 5.41) is 8.86. The van der Waals surface area contributed by atoms with Gasteiger partial charge in [0.25, 0.3) is 5.91 Å². The highest BCUT2D eigenvalue weighted by Crippen LogP contribution is 2.16. The van der Waals surface area contributed by atoms with Crippen LogP contribution >= 0.6 is 0 Å². The van der Waals surface area contributed by atoms with Gasteiger partial charge in [0, 0.05) is 18.3 Å². The Morgan fingerprint density at radius 1 is 1.16 bits per heavy atom. The third kappa shape index (κ3) is 2.80. The number of aryl methyl sites for hydroxylation is 1. The molecule has 0 N–H and O–H groups in total. The topological polar surface area (TPSA) is 44.1 Å². The normalized spacial score (nSPS) is 9.74. The fourth-order valence-electron chi connectivity index (χ4n) is 1.80. The van der Waals surface area contributed by atoms with Crippen molar-refractivity contribution in [2.24, 2.45) is 0 Å². The van der Waals surface area contributed by atoms with E-state index in [0.717, 1.165) is 11.3 Å². The SMILES string of the molecule is Cc1ccc(N(C)C(=O)c2cccc(C#N)c2)cc1. The molecule has 0 spiro atoms.